The van der Waals surface area contributed by atoms with Gasteiger partial charge < -0.3 is 15.2 Å². The predicted octanol–water partition coefficient (Wildman–Crippen LogP) is 2.52. The van der Waals surface area contributed by atoms with Crippen LogP contribution >= 0.6 is 0 Å². The largest absolute Gasteiger partial charge is 0.484 e. The number of nitrogens with one attached hydrogen (secondary N) is 1. The minimum absolute atomic E-state index is 0.0914. The lowest BCUT2D eigenvalue weighted by molar-refractivity contribution is -0.143. The molecular weight excluding hydrogens is 282 g/mol. The van der Waals surface area contributed by atoms with E-state index < -0.39 is 11.9 Å². The summed E-state index contributed by atoms with van der Waals surface area (Å²) in [6, 6.07) is 7.16. The number of hydrogen-bond donors (Lipinski definition) is 2. The number of rotatable bonds is 5. The lowest BCUT2D eigenvalue weighted by Crippen LogP contribution is -2.44. The van der Waals surface area contributed by atoms with E-state index >= 15 is 0 Å². The number of carbonyl (C=O) groups is 2. The van der Waals surface area contributed by atoms with E-state index in [2.05, 4.69) is 5.32 Å². The predicted molar refractivity (Wildman–Crippen MR) is 82.8 cm³/mol. The van der Waals surface area contributed by atoms with Gasteiger partial charge in [0, 0.05) is 6.04 Å². The van der Waals surface area contributed by atoms with E-state index in [-0.39, 0.29) is 18.6 Å². The van der Waals surface area contributed by atoms with Gasteiger partial charge in [-0.1, -0.05) is 37.0 Å². The molecule has 0 spiro atoms. The van der Waals surface area contributed by atoms with Crippen molar-refractivity contribution in [2.24, 2.45) is 5.92 Å². The monoisotopic (exact) mass is 305 g/mol. The zero-order chi connectivity index (χ0) is 15.9. The molecule has 5 nitrogen and oxygen atoms in total. The second-order valence-electron chi connectivity index (χ2n) is 5.86. The highest BCUT2D eigenvalue weighted by Gasteiger charge is 2.30. The fourth-order valence-corrected chi connectivity index (χ4v) is 2.81. The van der Waals surface area contributed by atoms with Crippen LogP contribution in [0, 0.1) is 12.8 Å². The van der Waals surface area contributed by atoms with Crippen LogP contribution in [0.4, 0.5) is 0 Å². The van der Waals surface area contributed by atoms with E-state index in [0.29, 0.717) is 18.6 Å². The molecule has 2 atom stereocenters. The maximum absolute atomic E-state index is 12.0. The van der Waals surface area contributed by atoms with Crippen LogP contribution in [0.5, 0.6) is 5.75 Å². The molecule has 1 saturated carbocycles. The molecule has 0 aliphatic heterocycles. The summed E-state index contributed by atoms with van der Waals surface area (Å²) in [6.45, 7) is 1.89. The van der Waals surface area contributed by atoms with Crippen molar-refractivity contribution in [3.05, 3.63) is 29.8 Å². The molecule has 0 bridgehead atoms. The molecular formula is C17H23NO4. The number of carboxylic acids is 1. The van der Waals surface area contributed by atoms with E-state index in [1.807, 2.05) is 31.2 Å². The quantitative estimate of drug-likeness (QED) is 0.820. The molecule has 0 unspecified atom stereocenters. The number of hydrogen-bond acceptors (Lipinski definition) is 3. The molecule has 22 heavy (non-hydrogen) atoms. The van der Waals surface area contributed by atoms with Crippen LogP contribution in [0.1, 0.15) is 37.7 Å². The van der Waals surface area contributed by atoms with Crippen LogP contribution in [0.2, 0.25) is 0 Å². The van der Waals surface area contributed by atoms with E-state index in [9.17, 15) is 14.7 Å². The Morgan fingerprint density at radius 3 is 2.55 bits per heavy atom. The number of ether oxygens (including phenoxy) is 1. The Kier molecular flexibility index (Phi) is 5.81. The average Bonchev–Trinajstić information content (AvgIpc) is 2.72. The van der Waals surface area contributed by atoms with Gasteiger partial charge in [-0.3, -0.25) is 9.59 Å². The Balaban J connectivity index is 1.86. The van der Waals surface area contributed by atoms with Gasteiger partial charge in [0.1, 0.15) is 5.75 Å². The number of aliphatic carboxylic acids is 1. The van der Waals surface area contributed by atoms with Crippen molar-refractivity contribution in [1.29, 1.82) is 0 Å². The number of carboxylic acid groups (broad SMARTS) is 1. The summed E-state index contributed by atoms with van der Waals surface area (Å²) in [5, 5.41) is 12.1. The molecule has 1 amide bonds. The third-order valence-corrected chi connectivity index (χ3v) is 4.07. The first-order valence-corrected chi connectivity index (χ1v) is 7.78. The Bertz CT molecular complexity index is 512. The number of aryl methyl sites for hydroxylation is 1. The van der Waals surface area contributed by atoms with Crippen LogP contribution < -0.4 is 10.1 Å². The molecule has 0 heterocycles. The smallest absolute Gasteiger partial charge is 0.308 e. The Hall–Kier alpha value is -2.04. The summed E-state index contributed by atoms with van der Waals surface area (Å²) >= 11 is 0. The van der Waals surface area contributed by atoms with Gasteiger partial charge in [-0.05, 0) is 31.9 Å². The highest BCUT2D eigenvalue weighted by Crippen LogP contribution is 2.23. The second kappa shape index (κ2) is 7.82. The zero-order valence-corrected chi connectivity index (χ0v) is 12.9. The summed E-state index contributed by atoms with van der Waals surface area (Å²) < 4.78 is 5.43. The van der Waals surface area contributed by atoms with E-state index in [4.69, 9.17) is 4.74 Å². The molecule has 0 saturated heterocycles. The first kappa shape index (κ1) is 16.3. The van der Waals surface area contributed by atoms with Crippen LogP contribution in [0.15, 0.2) is 24.3 Å². The molecule has 2 rings (SSSR count). The lowest BCUT2D eigenvalue weighted by Gasteiger charge is -2.22. The van der Waals surface area contributed by atoms with Gasteiger partial charge >= 0.3 is 5.97 Å². The molecule has 1 aromatic carbocycles. The molecule has 1 fully saturated rings. The SMILES string of the molecule is Cc1ccc(OCC(=O)N[C@H]2CCCCC[C@H]2C(=O)O)cc1. The van der Waals surface area contributed by atoms with Gasteiger partial charge in [-0.25, -0.2) is 0 Å². The molecule has 1 aromatic rings. The van der Waals surface area contributed by atoms with Crippen LogP contribution in [0.3, 0.4) is 0 Å². The van der Waals surface area contributed by atoms with Crippen LogP contribution in [-0.2, 0) is 9.59 Å². The summed E-state index contributed by atoms with van der Waals surface area (Å²) in [4.78, 5) is 23.3. The summed E-state index contributed by atoms with van der Waals surface area (Å²) in [6.07, 6.45) is 4.22. The number of carbonyl (C=O) groups excluding carboxylic acids is 1. The standard InChI is InChI=1S/C17H23NO4/c1-12-7-9-13(10-8-12)22-11-16(19)18-15-6-4-2-3-5-14(15)17(20)21/h7-10,14-15H,2-6,11H2,1H3,(H,18,19)(H,20,21)/t14-,15+/m1/s1. The maximum Gasteiger partial charge on any atom is 0.308 e. The van der Waals surface area contributed by atoms with Gasteiger partial charge in [0.25, 0.3) is 5.91 Å². The minimum Gasteiger partial charge on any atom is -0.484 e. The lowest BCUT2D eigenvalue weighted by atomic mass is 9.95. The Morgan fingerprint density at radius 2 is 1.86 bits per heavy atom. The Labute approximate surface area is 130 Å². The first-order valence-electron chi connectivity index (χ1n) is 7.78. The third-order valence-electron chi connectivity index (χ3n) is 4.07. The second-order valence-corrected chi connectivity index (χ2v) is 5.86. The van der Waals surface area contributed by atoms with Crippen LogP contribution in [0.25, 0.3) is 0 Å². The van der Waals surface area contributed by atoms with Crippen molar-refractivity contribution in [2.45, 2.75) is 45.1 Å². The molecule has 0 aromatic heterocycles. The van der Waals surface area contributed by atoms with E-state index in [0.717, 1.165) is 24.8 Å². The highest BCUT2D eigenvalue weighted by molar-refractivity contribution is 5.79. The van der Waals surface area contributed by atoms with Crippen molar-refractivity contribution in [2.75, 3.05) is 6.61 Å². The molecule has 0 radical (unpaired) electrons. The number of amides is 1. The molecule has 2 N–H and O–H groups in total. The molecule has 1 aliphatic rings. The molecule has 1 aliphatic carbocycles. The first-order chi connectivity index (χ1) is 10.6. The summed E-state index contributed by atoms with van der Waals surface area (Å²) in [7, 11) is 0. The van der Waals surface area contributed by atoms with E-state index in [1.54, 1.807) is 0 Å². The summed E-state index contributed by atoms with van der Waals surface area (Å²) in [5.74, 6) is -0.951. The minimum atomic E-state index is -0.827. The van der Waals surface area contributed by atoms with Crippen molar-refractivity contribution in [3.63, 3.8) is 0 Å². The zero-order valence-electron chi connectivity index (χ0n) is 12.9. The van der Waals surface area contributed by atoms with Gasteiger partial charge in [-0.2, -0.15) is 0 Å². The van der Waals surface area contributed by atoms with Gasteiger partial charge in [0.05, 0.1) is 5.92 Å². The fraction of sp³-hybridized carbons (Fsp3) is 0.529. The van der Waals surface area contributed by atoms with Gasteiger partial charge in [0.15, 0.2) is 6.61 Å². The van der Waals surface area contributed by atoms with Gasteiger partial charge in [-0.15, -0.1) is 0 Å². The van der Waals surface area contributed by atoms with Crippen molar-refractivity contribution in [1.82, 2.24) is 5.32 Å². The average molecular weight is 305 g/mol. The highest BCUT2D eigenvalue weighted by atomic mass is 16.5. The molecule has 5 heteroatoms. The van der Waals surface area contributed by atoms with Crippen molar-refractivity contribution >= 4 is 11.9 Å². The summed E-state index contributed by atoms with van der Waals surface area (Å²) in [5.41, 5.74) is 1.12. The topological polar surface area (TPSA) is 75.6 Å². The maximum atomic E-state index is 12.0. The normalized spacial score (nSPS) is 21.7. The Morgan fingerprint density at radius 1 is 1.18 bits per heavy atom. The fourth-order valence-electron chi connectivity index (χ4n) is 2.81. The van der Waals surface area contributed by atoms with Crippen molar-refractivity contribution in [3.8, 4) is 5.75 Å². The molecule has 120 valence electrons. The van der Waals surface area contributed by atoms with Gasteiger partial charge in [0.2, 0.25) is 0 Å². The van der Waals surface area contributed by atoms with Crippen LogP contribution in [-0.4, -0.2) is 29.6 Å². The van der Waals surface area contributed by atoms with Crippen molar-refractivity contribution < 1.29 is 19.4 Å². The number of benzene rings is 1. The van der Waals surface area contributed by atoms with E-state index in [1.165, 1.54) is 0 Å². The third kappa shape index (κ3) is 4.76.